The fraction of sp³-hybridized carbons (Fsp3) is 0.923. The molecule has 0 rings (SSSR count). The Balaban J connectivity index is 3.98. The first-order valence-corrected chi connectivity index (χ1v) is 6.53. The molecule has 0 fully saturated rings. The molecule has 0 bridgehead atoms. The van der Waals surface area contributed by atoms with Gasteiger partial charge in [-0.15, -0.1) is 0 Å². The molecule has 4 nitrogen and oxygen atoms in total. The van der Waals surface area contributed by atoms with Crippen molar-refractivity contribution in [2.45, 2.75) is 46.2 Å². The summed E-state index contributed by atoms with van der Waals surface area (Å²) >= 11 is 0. The minimum absolute atomic E-state index is 0.0886. The smallest absolute Gasteiger partial charge is 0.237 e. The monoisotopic (exact) mass is 243 g/mol. The topological polar surface area (TPSA) is 44.4 Å². The predicted molar refractivity (Wildman–Crippen MR) is 73.1 cm³/mol. The van der Waals surface area contributed by atoms with E-state index < -0.39 is 0 Å². The van der Waals surface area contributed by atoms with Gasteiger partial charge < -0.3 is 15.5 Å². The molecule has 1 amide bonds. The van der Waals surface area contributed by atoms with Gasteiger partial charge in [0.05, 0.1) is 6.04 Å². The van der Waals surface area contributed by atoms with Crippen molar-refractivity contribution in [1.29, 1.82) is 0 Å². The van der Waals surface area contributed by atoms with E-state index in [0.717, 1.165) is 19.5 Å². The normalized spacial score (nSPS) is 13.5. The number of nitrogens with zero attached hydrogens (tertiary/aromatic N) is 1. The van der Waals surface area contributed by atoms with Gasteiger partial charge >= 0.3 is 0 Å². The summed E-state index contributed by atoms with van der Waals surface area (Å²) in [6.45, 7) is 10.0. The molecule has 0 aromatic carbocycles. The van der Waals surface area contributed by atoms with E-state index in [-0.39, 0.29) is 11.9 Å². The second-order valence-electron chi connectivity index (χ2n) is 5.49. The fourth-order valence-electron chi connectivity index (χ4n) is 1.65. The molecule has 1 unspecified atom stereocenters. The summed E-state index contributed by atoms with van der Waals surface area (Å²) in [5.74, 6) is 0.429. The standard InChI is InChI=1S/C13H29N3O/c1-10(2)12(15-11(3)4)13(17)14-8-7-9-16(5)6/h10-12,15H,7-9H2,1-6H3,(H,14,17). The molecule has 0 aromatic rings. The van der Waals surface area contributed by atoms with Crippen LogP contribution in [-0.4, -0.2) is 50.1 Å². The summed E-state index contributed by atoms with van der Waals surface area (Å²) in [6, 6.07) is 0.240. The Bertz CT molecular complexity index is 215. The minimum atomic E-state index is -0.0886. The number of carbonyl (C=O) groups is 1. The molecule has 102 valence electrons. The van der Waals surface area contributed by atoms with Gasteiger partial charge in [-0.05, 0) is 33.0 Å². The number of carbonyl (C=O) groups excluding carboxylic acids is 1. The first-order valence-electron chi connectivity index (χ1n) is 6.53. The Kier molecular flexibility index (Phi) is 8.17. The fourth-order valence-corrected chi connectivity index (χ4v) is 1.65. The molecule has 0 saturated carbocycles. The van der Waals surface area contributed by atoms with Gasteiger partial charge in [-0.2, -0.15) is 0 Å². The third-order valence-corrected chi connectivity index (χ3v) is 2.54. The van der Waals surface area contributed by atoms with Gasteiger partial charge in [0.15, 0.2) is 0 Å². The Labute approximate surface area is 106 Å². The van der Waals surface area contributed by atoms with Crippen LogP contribution in [-0.2, 0) is 4.79 Å². The molecule has 0 aliphatic carbocycles. The van der Waals surface area contributed by atoms with E-state index in [4.69, 9.17) is 0 Å². The van der Waals surface area contributed by atoms with Crippen molar-refractivity contribution in [3.8, 4) is 0 Å². The lowest BCUT2D eigenvalue weighted by atomic mass is 10.0. The van der Waals surface area contributed by atoms with Crippen LogP contribution in [0.15, 0.2) is 0 Å². The van der Waals surface area contributed by atoms with Crippen molar-refractivity contribution in [2.75, 3.05) is 27.2 Å². The van der Waals surface area contributed by atoms with Crippen LogP contribution in [0.5, 0.6) is 0 Å². The maximum absolute atomic E-state index is 12.0. The maximum atomic E-state index is 12.0. The molecule has 2 N–H and O–H groups in total. The van der Waals surface area contributed by atoms with Crippen molar-refractivity contribution >= 4 is 5.91 Å². The van der Waals surface area contributed by atoms with E-state index in [1.165, 1.54) is 0 Å². The average molecular weight is 243 g/mol. The molecule has 1 atom stereocenters. The molecule has 0 aromatic heterocycles. The lowest BCUT2D eigenvalue weighted by Gasteiger charge is -2.24. The van der Waals surface area contributed by atoms with Crippen molar-refractivity contribution in [2.24, 2.45) is 5.92 Å². The Hall–Kier alpha value is -0.610. The highest BCUT2D eigenvalue weighted by molar-refractivity contribution is 5.82. The average Bonchev–Trinajstić information content (AvgIpc) is 2.19. The van der Waals surface area contributed by atoms with E-state index >= 15 is 0 Å². The summed E-state index contributed by atoms with van der Waals surface area (Å²) in [4.78, 5) is 14.1. The summed E-state index contributed by atoms with van der Waals surface area (Å²) < 4.78 is 0. The summed E-state index contributed by atoms with van der Waals surface area (Å²) in [7, 11) is 4.08. The van der Waals surface area contributed by atoms with Gasteiger partial charge in [0.25, 0.3) is 0 Å². The summed E-state index contributed by atoms with van der Waals surface area (Å²) in [5.41, 5.74) is 0. The lowest BCUT2D eigenvalue weighted by Crippen LogP contribution is -2.50. The van der Waals surface area contributed by atoms with Gasteiger partial charge in [0, 0.05) is 12.6 Å². The van der Waals surface area contributed by atoms with E-state index in [0.29, 0.717) is 12.0 Å². The molecule has 0 aliphatic rings. The second-order valence-corrected chi connectivity index (χ2v) is 5.49. The van der Waals surface area contributed by atoms with Crippen LogP contribution in [0.2, 0.25) is 0 Å². The largest absolute Gasteiger partial charge is 0.355 e. The molecule has 0 heterocycles. The molecule has 0 saturated heterocycles. The molecule has 4 heteroatoms. The number of nitrogens with one attached hydrogen (secondary N) is 2. The Morgan fingerprint density at radius 1 is 1.18 bits per heavy atom. The van der Waals surface area contributed by atoms with Crippen LogP contribution in [0, 0.1) is 5.92 Å². The predicted octanol–water partition coefficient (Wildman–Crippen LogP) is 1.08. The van der Waals surface area contributed by atoms with Crippen LogP contribution < -0.4 is 10.6 Å². The second kappa shape index (κ2) is 8.48. The molecule has 17 heavy (non-hydrogen) atoms. The zero-order valence-electron chi connectivity index (χ0n) is 12.2. The van der Waals surface area contributed by atoms with E-state index in [2.05, 4.69) is 43.2 Å². The third kappa shape index (κ3) is 8.16. The molecular weight excluding hydrogens is 214 g/mol. The Morgan fingerprint density at radius 2 is 1.76 bits per heavy atom. The first-order chi connectivity index (χ1) is 7.84. The highest BCUT2D eigenvalue weighted by Crippen LogP contribution is 2.03. The van der Waals surface area contributed by atoms with Crippen LogP contribution in [0.25, 0.3) is 0 Å². The van der Waals surface area contributed by atoms with Gasteiger partial charge in [0.2, 0.25) is 5.91 Å². The summed E-state index contributed by atoms with van der Waals surface area (Å²) in [6.07, 6.45) is 0.991. The van der Waals surface area contributed by atoms with Gasteiger partial charge in [-0.1, -0.05) is 27.7 Å². The zero-order valence-corrected chi connectivity index (χ0v) is 12.2. The van der Waals surface area contributed by atoms with Crippen molar-refractivity contribution < 1.29 is 4.79 Å². The maximum Gasteiger partial charge on any atom is 0.237 e. The van der Waals surface area contributed by atoms with Crippen molar-refractivity contribution in [3.05, 3.63) is 0 Å². The quantitative estimate of drug-likeness (QED) is 0.627. The number of hydrogen-bond acceptors (Lipinski definition) is 3. The van der Waals surface area contributed by atoms with Crippen molar-refractivity contribution in [1.82, 2.24) is 15.5 Å². The number of rotatable bonds is 8. The van der Waals surface area contributed by atoms with Gasteiger partial charge in [-0.3, -0.25) is 4.79 Å². The van der Waals surface area contributed by atoms with Gasteiger partial charge in [0.1, 0.15) is 0 Å². The van der Waals surface area contributed by atoms with Crippen LogP contribution in [0.4, 0.5) is 0 Å². The minimum Gasteiger partial charge on any atom is -0.355 e. The van der Waals surface area contributed by atoms with Crippen LogP contribution in [0.3, 0.4) is 0 Å². The van der Waals surface area contributed by atoms with E-state index in [9.17, 15) is 4.79 Å². The van der Waals surface area contributed by atoms with E-state index in [1.807, 2.05) is 14.1 Å². The highest BCUT2D eigenvalue weighted by atomic mass is 16.2. The van der Waals surface area contributed by atoms with Crippen LogP contribution >= 0.6 is 0 Å². The number of amides is 1. The first kappa shape index (κ1) is 16.4. The third-order valence-electron chi connectivity index (χ3n) is 2.54. The molecule has 0 spiro atoms. The molecule has 0 aliphatic heterocycles. The molecular formula is C13H29N3O. The highest BCUT2D eigenvalue weighted by Gasteiger charge is 2.21. The van der Waals surface area contributed by atoms with Crippen molar-refractivity contribution in [3.63, 3.8) is 0 Å². The van der Waals surface area contributed by atoms with E-state index in [1.54, 1.807) is 0 Å². The zero-order chi connectivity index (χ0) is 13.4. The number of hydrogen-bond donors (Lipinski definition) is 2. The van der Waals surface area contributed by atoms with Crippen LogP contribution in [0.1, 0.15) is 34.1 Å². The Morgan fingerprint density at radius 3 is 2.18 bits per heavy atom. The SMILES string of the molecule is CC(C)NC(C(=O)NCCCN(C)C)C(C)C. The van der Waals surface area contributed by atoms with Gasteiger partial charge in [-0.25, -0.2) is 0 Å². The molecule has 0 radical (unpaired) electrons. The summed E-state index contributed by atoms with van der Waals surface area (Å²) in [5, 5.41) is 6.30. The lowest BCUT2D eigenvalue weighted by molar-refractivity contribution is -0.124.